The second-order valence-electron chi connectivity index (χ2n) is 11.1. The summed E-state index contributed by atoms with van der Waals surface area (Å²) in [7, 11) is -3.41. The van der Waals surface area contributed by atoms with E-state index in [2.05, 4.69) is 13.8 Å². The summed E-state index contributed by atoms with van der Waals surface area (Å²) in [6.07, 6.45) is 17.2. The Morgan fingerprint density at radius 2 is 1.49 bits per heavy atom. The van der Waals surface area contributed by atoms with Crippen LogP contribution in [0.15, 0.2) is 12.2 Å². The summed E-state index contributed by atoms with van der Waals surface area (Å²) in [5.74, 6) is -1.73. The number of allylic oxidation sites excluding steroid dienone is 1. The zero-order chi connectivity index (χ0) is 30.0. The molecule has 1 fully saturated rings. The van der Waals surface area contributed by atoms with Gasteiger partial charge in [-0.3, -0.25) is 9.59 Å². The van der Waals surface area contributed by atoms with E-state index in [1.807, 2.05) is 12.2 Å². The molecule has 1 aliphatic heterocycles. The standard InChI is InChI=1S/C20H38O7S.C9H14NO2.Na.H/c1-3-5-7-9-11-13-15-26-19(21)17-18(28(23,24)25)20(22)27-16-14-12-10-8-6-4-2;1-10(12)6-7-4-2-3-5-8(7)9(10)11;;/h18H,3-17H2,1-2H3,(H,23,24,25);3,5,7-8,12H,2,4,6H2,1H3;;/q;+1;;/p-1. The first kappa shape index (κ1) is 40.2. The van der Waals surface area contributed by atoms with Crippen LogP contribution < -0.4 is 0 Å². The van der Waals surface area contributed by atoms with Gasteiger partial charge in [0, 0.05) is 5.92 Å². The van der Waals surface area contributed by atoms with E-state index in [-0.39, 0.29) is 54.6 Å². The molecule has 0 aromatic heterocycles. The minimum atomic E-state index is -4.98. The van der Waals surface area contributed by atoms with Gasteiger partial charge in [0.25, 0.3) is 0 Å². The maximum absolute atomic E-state index is 11.9. The third kappa shape index (κ3) is 16.6. The fourth-order valence-electron chi connectivity index (χ4n) is 4.98. The van der Waals surface area contributed by atoms with Crippen LogP contribution in [0.3, 0.4) is 0 Å². The van der Waals surface area contributed by atoms with Gasteiger partial charge in [0.2, 0.25) is 0 Å². The predicted molar refractivity (Wildman–Crippen MR) is 157 cm³/mol. The number of quaternary nitrogens is 1. The van der Waals surface area contributed by atoms with Gasteiger partial charge < -0.3 is 14.0 Å². The van der Waals surface area contributed by atoms with Gasteiger partial charge in [-0.05, 0) is 25.7 Å². The fraction of sp³-hybridized carbons (Fsp3) is 0.828. The molecule has 1 amide bonds. The monoisotopic (exact) mass is 613 g/mol. The number of hydrogen-bond donors (Lipinski definition) is 1. The summed E-state index contributed by atoms with van der Waals surface area (Å²) in [6, 6.07) is 0. The van der Waals surface area contributed by atoms with Crippen LogP contribution in [0.25, 0.3) is 0 Å². The second-order valence-corrected chi connectivity index (χ2v) is 12.6. The molecule has 10 nitrogen and oxygen atoms in total. The molecular formula is C29H52NNaO9S. The van der Waals surface area contributed by atoms with Crippen LogP contribution in [0.4, 0.5) is 0 Å². The molecule has 1 N–H and O–H groups in total. The average Bonchev–Trinajstić information content (AvgIpc) is 3.13. The number of unbranched alkanes of at least 4 members (excludes halogenated alkanes) is 10. The molecule has 0 spiro atoms. The number of carbonyl (C=O) groups is 3. The van der Waals surface area contributed by atoms with Crippen LogP contribution in [0, 0.1) is 11.8 Å². The van der Waals surface area contributed by atoms with Gasteiger partial charge in [0.15, 0.2) is 5.25 Å². The zero-order valence-corrected chi connectivity index (χ0v) is 25.5. The normalized spacial score (nSPS) is 22.1. The molecule has 4 atom stereocenters. The molecule has 0 aromatic carbocycles. The first-order chi connectivity index (χ1) is 18.9. The van der Waals surface area contributed by atoms with Crippen molar-refractivity contribution in [2.24, 2.45) is 11.8 Å². The van der Waals surface area contributed by atoms with Crippen molar-refractivity contribution in [3.8, 4) is 0 Å². The number of hydrogen-bond acceptors (Lipinski definition) is 9. The second kappa shape index (κ2) is 21.8. The molecular weight excluding hydrogens is 561 g/mol. The van der Waals surface area contributed by atoms with Gasteiger partial charge in [-0.15, -0.1) is 4.65 Å². The van der Waals surface area contributed by atoms with Gasteiger partial charge in [-0.2, -0.15) is 0 Å². The van der Waals surface area contributed by atoms with E-state index in [0.29, 0.717) is 25.3 Å². The number of nitrogens with zero attached hydrogens (tertiary/aromatic N) is 1. The van der Waals surface area contributed by atoms with Crippen molar-refractivity contribution in [1.29, 1.82) is 0 Å². The summed E-state index contributed by atoms with van der Waals surface area (Å²) in [5.41, 5.74) is 0. The van der Waals surface area contributed by atoms with Crippen molar-refractivity contribution in [3.63, 3.8) is 0 Å². The van der Waals surface area contributed by atoms with Gasteiger partial charge in [-0.1, -0.05) is 90.2 Å². The van der Waals surface area contributed by atoms with Crippen LogP contribution in [0.2, 0.25) is 0 Å². The number of rotatable bonds is 18. The van der Waals surface area contributed by atoms with Crippen molar-refractivity contribution in [2.75, 3.05) is 26.8 Å². The third-order valence-electron chi connectivity index (χ3n) is 7.37. The number of hydroxylamine groups is 3. The van der Waals surface area contributed by atoms with E-state index in [1.165, 1.54) is 6.42 Å². The van der Waals surface area contributed by atoms with E-state index in [1.54, 1.807) is 7.05 Å². The van der Waals surface area contributed by atoms with Gasteiger partial charge in [0.05, 0.1) is 19.6 Å². The molecule has 0 saturated carbocycles. The van der Waals surface area contributed by atoms with E-state index in [9.17, 15) is 32.6 Å². The average molecular weight is 614 g/mol. The number of amides is 1. The van der Waals surface area contributed by atoms with Gasteiger partial charge in [-0.25, -0.2) is 18.4 Å². The molecule has 1 heterocycles. The van der Waals surface area contributed by atoms with E-state index in [0.717, 1.165) is 70.6 Å². The molecule has 0 aromatic rings. The van der Waals surface area contributed by atoms with Crippen molar-refractivity contribution in [2.45, 2.75) is 115 Å². The molecule has 12 heteroatoms. The molecule has 41 heavy (non-hydrogen) atoms. The van der Waals surface area contributed by atoms with E-state index >= 15 is 0 Å². The molecule has 0 bridgehead atoms. The fourth-order valence-corrected chi connectivity index (χ4v) is 5.62. The van der Waals surface area contributed by atoms with E-state index in [4.69, 9.17) is 9.47 Å². The molecule has 0 radical (unpaired) electrons. The molecule has 2 aliphatic rings. The number of ether oxygens (including phenoxy) is 2. The van der Waals surface area contributed by atoms with Crippen molar-refractivity contribution < 1.29 is 46.7 Å². The Morgan fingerprint density at radius 1 is 0.976 bits per heavy atom. The Labute approximate surface area is 269 Å². The Kier molecular flexibility index (Phi) is 21.4. The summed E-state index contributed by atoms with van der Waals surface area (Å²) in [6.45, 7) is 5.03. The molecule has 234 valence electrons. The summed E-state index contributed by atoms with van der Waals surface area (Å²) < 4.78 is 43.4. The van der Waals surface area contributed by atoms with Crippen LogP contribution in [-0.4, -0.2) is 102 Å². The topological polar surface area (TPSA) is 147 Å². The van der Waals surface area contributed by atoms with E-state index < -0.39 is 38.4 Å². The quantitative estimate of drug-likeness (QED) is 0.0452. The SMILES string of the molecule is CCCCCCCCOC(=O)CC(C(=O)OCCCCCCCC)S(=O)(=O)[O-].C[N+]1(O)CC2CCC=CC2C1=O.[NaH]. The zero-order valence-electron chi connectivity index (χ0n) is 24.7. The summed E-state index contributed by atoms with van der Waals surface area (Å²) in [4.78, 5) is 35.2. The summed E-state index contributed by atoms with van der Waals surface area (Å²) >= 11 is 0. The Balaban J connectivity index is 0.00000101. The van der Waals surface area contributed by atoms with Crippen LogP contribution in [0.5, 0.6) is 0 Å². The Bertz CT molecular complexity index is 908. The predicted octanol–water partition coefficient (Wildman–Crippen LogP) is 4.39. The number of carbonyl (C=O) groups excluding carboxylic acids is 3. The van der Waals surface area contributed by atoms with Crippen molar-refractivity contribution in [3.05, 3.63) is 12.2 Å². The van der Waals surface area contributed by atoms with Crippen LogP contribution in [-0.2, 0) is 34.0 Å². The van der Waals surface area contributed by atoms with Gasteiger partial charge >= 0.3 is 47.4 Å². The first-order valence-electron chi connectivity index (χ1n) is 15.0. The third-order valence-corrected chi connectivity index (χ3v) is 8.43. The first-order valence-corrected chi connectivity index (χ1v) is 16.5. The number of fused-ring (bicyclic) bond motifs is 1. The molecule has 2 rings (SSSR count). The Morgan fingerprint density at radius 3 is 2.00 bits per heavy atom. The van der Waals surface area contributed by atoms with Crippen molar-refractivity contribution in [1.82, 2.24) is 0 Å². The molecule has 1 aliphatic carbocycles. The molecule has 4 unspecified atom stereocenters. The molecule has 1 saturated heterocycles. The van der Waals surface area contributed by atoms with Crippen molar-refractivity contribution >= 4 is 57.5 Å². The minimum absolute atomic E-state index is 0. The van der Waals surface area contributed by atoms with Crippen LogP contribution >= 0.6 is 0 Å². The maximum atomic E-state index is 11.9. The van der Waals surface area contributed by atoms with Crippen LogP contribution in [0.1, 0.15) is 110 Å². The number of likely N-dealkylation sites (tertiary alicyclic amines) is 1. The summed E-state index contributed by atoms with van der Waals surface area (Å²) in [5, 5.41) is 7.61. The number of esters is 2. The van der Waals surface area contributed by atoms with Gasteiger partial charge in [0.1, 0.15) is 29.6 Å². The Hall–Kier alpha value is -0.820.